The number of carbonyl (C=O) groups excluding carboxylic acids is 2. The van der Waals surface area contributed by atoms with Crippen LogP contribution >= 0.6 is 15.9 Å². The number of anilines is 1. The molecule has 0 saturated heterocycles. The van der Waals surface area contributed by atoms with E-state index in [0.717, 1.165) is 15.8 Å². The number of hydrogen-bond donors (Lipinski definition) is 1. The van der Waals surface area contributed by atoms with Crippen LogP contribution in [0, 0.1) is 6.92 Å². The fraction of sp³-hybridized carbons (Fsp3) is 0.263. The number of aryl methyl sites for hydroxylation is 1. The highest BCUT2D eigenvalue weighted by Crippen LogP contribution is 2.17. The van der Waals surface area contributed by atoms with Crippen molar-refractivity contribution in [1.82, 2.24) is 0 Å². The number of nitrogens with one attached hydrogen (secondary N) is 1. The van der Waals surface area contributed by atoms with Crippen molar-refractivity contribution in [2.24, 2.45) is 0 Å². The Bertz CT molecular complexity index is 733. The Morgan fingerprint density at radius 2 is 1.92 bits per heavy atom. The fourth-order valence-electron chi connectivity index (χ4n) is 2.10. The van der Waals surface area contributed by atoms with Crippen LogP contribution < -0.4 is 10.1 Å². The van der Waals surface area contributed by atoms with Crippen LogP contribution in [0.2, 0.25) is 0 Å². The van der Waals surface area contributed by atoms with Gasteiger partial charge in [0.2, 0.25) is 0 Å². The maximum absolute atomic E-state index is 11.8. The molecule has 25 heavy (non-hydrogen) atoms. The summed E-state index contributed by atoms with van der Waals surface area (Å²) in [5, 5.41) is 2.69. The molecule has 0 fully saturated rings. The summed E-state index contributed by atoms with van der Waals surface area (Å²) >= 11 is 3.36. The fourth-order valence-corrected chi connectivity index (χ4v) is 2.48. The molecule has 0 aliphatic heterocycles. The summed E-state index contributed by atoms with van der Waals surface area (Å²) in [4.78, 5) is 23.4. The molecule has 132 valence electrons. The number of ether oxygens (including phenoxy) is 2. The summed E-state index contributed by atoms with van der Waals surface area (Å²) in [6, 6.07) is 14.9. The van der Waals surface area contributed by atoms with E-state index in [1.54, 1.807) is 6.07 Å². The number of carbonyl (C=O) groups is 2. The van der Waals surface area contributed by atoms with Crippen molar-refractivity contribution in [3.8, 4) is 5.75 Å². The Hall–Kier alpha value is -2.34. The van der Waals surface area contributed by atoms with Crippen molar-refractivity contribution in [1.29, 1.82) is 0 Å². The Labute approximate surface area is 155 Å². The van der Waals surface area contributed by atoms with Crippen LogP contribution in [-0.2, 0) is 14.3 Å². The van der Waals surface area contributed by atoms with E-state index >= 15 is 0 Å². The lowest BCUT2D eigenvalue weighted by atomic mass is 10.2. The van der Waals surface area contributed by atoms with Crippen LogP contribution in [0.15, 0.2) is 53.0 Å². The highest BCUT2D eigenvalue weighted by molar-refractivity contribution is 9.10. The number of benzene rings is 2. The van der Waals surface area contributed by atoms with Gasteiger partial charge in [-0.1, -0.05) is 34.1 Å². The van der Waals surface area contributed by atoms with Gasteiger partial charge in [0.1, 0.15) is 5.75 Å². The molecule has 0 heterocycles. The summed E-state index contributed by atoms with van der Waals surface area (Å²) < 4.78 is 11.4. The lowest BCUT2D eigenvalue weighted by molar-refractivity contribution is -0.147. The maximum atomic E-state index is 11.8. The maximum Gasteiger partial charge on any atom is 0.306 e. The molecule has 2 aromatic rings. The normalized spacial score (nSPS) is 10.2. The minimum Gasteiger partial charge on any atom is -0.494 e. The molecule has 0 aliphatic carbocycles. The molecular formula is C19H20BrNO4. The molecule has 0 radical (unpaired) electrons. The first-order valence-corrected chi connectivity index (χ1v) is 8.73. The average Bonchev–Trinajstić information content (AvgIpc) is 2.57. The summed E-state index contributed by atoms with van der Waals surface area (Å²) in [6.07, 6.45) is 0.719. The minimum absolute atomic E-state index is 0.200. The summed E-state index contributed by atoms with van der Waals surface area (Å²) in [6.45, 7) is 2.05. The standard InChI is InChI=1S/C19H20BrNO4/c1-14-5-2-7-16(11-14)21-18(22)13-25-19(23)9-4-10-24-17-8-3-6-15(20)12-17/h2-3,5-8,11-12H,4,9-10,13H2,1H3,(H,21,22). The van der Waals surface area contributed by atoms with Crippen LogP contribution in [0.1, 0.15) is 18.4 Å². The highest BCUT2D eigenvalue weighted by atomic mass is 79.9. The zero-order chi connectivity index (χ0) is 18.1. The van der Waals surface area contributed by atoms with E-state index in [2.05, 4.69) is 21.2 Å². The van der Waals surface area contributed by atoms with Gasteiger partial charge in [0.05, 0.1) is 6.61 Å². The van der Waals surface area contributed by atoms with Gasteiger partial charge >= 0.3 is 5.97 Å². The topological polar surface area (TPSA) is 64.6 Å². The van der Waals surface area contributed by atoms with Gasteiger partial charge in [-0.05, 0) is 49.2 Å². The van der Waals surface area contributed by atoms with Gasteiger partial charge in [0.25, 0.3) is 5.91 Å². The molecule has 0 spiro atoms. The van der Waals surface area contributed by atoms with Gasteiger partial charge in [-0.2, -0.15) is 0 Å². The molecule has 1 amide bonds. The lowest BCUT2D eigenvalue weighted by Gasteiger charge is -2.08. The van der Waals surface area contributed by atoms with Crippen molar-refractivity contribution in [3.05, 3.63) is 58.6 Å². The summed E-state index contributed by atoms with van der Waals surface area (Å²) in [7, 11) is 0. The van der Waals surface area contributed by atoms with Gasteiger partial charge in [-0.3, -0.25) is 9.59 Å². The van der Waals surface area contributed by atoms with Crippen LogP contribution in [0.25, 0.3) is 0 Å². The Morgan fingerprint density at radius 3 is 2.68 bits per heavy atom. The molecule has 0 aliphatic rings. The first-order chi connectivity index (χ1) is 12.0. The van der Waals surface area contributed by atoms with Crippen molar-refractivity contribution < 1.29 is 19.1 Å². The third-order valence-electron chi connectivity index (χ3n) is 3.26. The number of rotatable bonds is 8. The molecule has 1 N–H and O–H groups in total. The largest absolute Gasteiger partial charge is 0.494 e. The van der Waals surface area contributed by atoms with Gasteiger partial charge in [0, 0.05) is 16.6 Å². The van der Waals surface area contributed by atoms with E-state index in [1.165, 1.54) is 0 Å². The molecule has 2 aromatic carbocycles. The number of esters is 1. The van der Waals surface area contributed by atoms with Crippen LogP contribution in [0.4, 0.5) is 5.69 Å². The van der Waals surface area contributed by atoms with Gasteiger partial charge in [0.15, 0.2) is 6.61 Å². The number of halogens is 1. The zero-order valence-corrected chi connectivity index (χ0v) is 15.5. The average molecular weight is 406 g/mol. The molecule has 5 nitrogen and oxygen atoms in total. The second-order valence-electron chi connectivity index (χ2n) is 5.49. The van der Waals surface area contributed by atoms with E-state index in [4.69, 9.17) is 9.47 Å². The third kappa shape index (κ3) is 7.39. The second-order valence-corrected chi connectivity index (χ2v) is 6.40. The second kappa shape index (κ2) is 9.84. The van der Waals surface area contributed by atoms with Crippen molar-refractivity contribution in [3.63, 3.8) is 0 Å². The van der Waals surface area contributed by atoms with Gasteiger partial charge in [-0.15, -0.1) is 0 Å². The molecule has 0 aromatic heterocycles. The predicted octanol–water partition coefficient (Wildman–Crippen LogP) is 4.10. The zero-order valence-electron chi connectivity index (χ0n) is 14.0. The molecule has 0 bridgehead atoms. The van der Waals surface area contributed by atoms with E-state index < -0.39 is 5.97 Å². The smallest absolute Gasteiger partial charge is 0.306 e. The SMILES string of the molecule is Cc1cccc(NC(=O)COC(=O)CCCOc2cccc(Br)c2)c1. The van der Waals surface area contributed by atoms with E-state index in [9.17, 15) is 9.59 Å². The van der Waals surface area contributed by atoms with Crippen LogP contribution in [0.5, 0.6) is 5.75 Å². The number of amides is 1. The van der Waals surface area contributed by atoms with E-state index in [1.807, 2.05) is 49.4 Å². The molecule has 0 unspecified atom stereocenters. The minimum atomic E-state index is -0.419. The molecular weight excluding hydrogens is 386 g/mol. The molecule has 6 heteroatoms. The quantitative estimate of drug-likeness (QED) is 0.530. The summed E-state index contributed by atoms with van der Waals surface area (Å²) in [5.41, 5.74) is 1.73. The Morgan fingerprint density at radius 1 is 1.12 bits per heavy atom. The van der Waals surface area contributed by atoms with Gasteiger partial charge in [-0.25, -0.2) is 0 Å². The first-order valence-electron chi connectivity index (χ1n) is 7.93. The van der Waals surface area contributed by atoms with Crippen molar-refractivity contribution in [2.45, 2.75) is 19.8 Å². The predicted molar refractivity (Wildman–Crippen MR) is 99.6 cm³/mol. The van der Waals surface area contributed by atoms with Crippen molar-refractivity contribution >= 4 is 33.5 Å². The molecule has 0 atom stereocenters. The molecule has 2 rings (SSSR count). The summed E-state index contributed by atoms with van der Waals surface area (Å²) in [5.74, 6) is -0.0400. The van der Waals surface area contributed by atoms with E-state index in [-0.39, 0.29) is 18.9 Å². The highest BCUT2D eigenvalue weighted by Gasteiger charge is 2.08. The lowest BCUT2D eigenvalue weighted by Crippen LogP contribution is -2.21. The monoisotopic (exact) mass is 405 g/mol. The van der Waals surface area contributed by atoms with E-state index in [0.29, 0.717) is 18.7 Å². The number of hydrogen-bond acceptors (Lipinski definition) is 4. The Balaban J connectivity index is 1.61. The van der Waals surface area contributed by atoms with Gasteiger partial charge < -0.3 is 14.8 Å². The Kier molecular flexibility index (Phi) is 7.47. The van der Waals surface area contributed by atoms with Crippen LogP contribution in [-0.4, -0.2) is 25.1 Å². The molecule has 0 saturated carbocycles. The van der Waals surface area contributed by atoms with Crippen LogP contribution in [0.3, 0.4) is 0 Å². The first kappa shape index (κ1) is 19.0. The third-order valence-corrected chi connectivity index (χ3v) is 3.75. The van der Waals surface area contributed by atoms with Crippen molar-refractivity contribution in [2.75, 3.05) is 18.5 Å².